The molecule has 0 aliphatic carbocycles. The van der Waals surface area contributed by atoms with E-state index in [1.807, 2.05) is 30.3 Å². The number of aliphatic imine (C=N–C) groups is 1. The zero-order valence-corrected chi connectivity index (χ0v) is 13.0. The summed E-state index contributed by atoms with van der Waals surface area (Å²) in [4.78, 5) is 16.2. The van der Waals surface area contributed by atoms with Gasteiger partial charge in [-0.2, -0.15) is 0 Å². The Hall–Kier alpha value is -2.67. The fraction of sp³-hybridized carbons (Fsp3) is 0.125. The molecular formula is C16H15N3O3S. The predicted molar refractivity (Wildman–Crippen MR) is 86.8 cm³/mol. The number of rotatable bonds is 4. The molecule has 118 valence electrons. The number of para-hydroxylation sites is 1. The van der Waals surface area contributed by atoms with E-state index in [-0.39, 0.29) is 17.3 Å². The van der Waals surface area contributed by atoms with Crippen molar-refractivity contribution < 1.29 is 13.2 Å². The Kier molecular flexibility index (Phi) is 4.12. The van der Waals surface area contributed by atoms with Gasteiger partial charge < -0.3 is 5.32 Å². The molecule has 0 spiro atoms. The van der Waals surface area contributed by atoms with E-state index in [0.29, 0.717) is 12.2 Å². The Bertz CT molecular complexity index is 848. The van der Waals surface area contributed by atoms with Gasteiger partial charge in [0.1, 0.15) is 17.8 Å². The van der Waals surface area contributed by atoms with Gasteiger partial charge in [-0.05, 0) is 17.7 Å². The zero-order valence-electron chi connectivity index (χ0n) is 12.2. The van der Waals surface area contributed by atoms with Crippen LogP contribution in [0.1, 0.15) is 5.56 Å². The normalized spacial score (nSPS) is 15.0. The number of fused-ring (bicyclic) bond motifs is 1. The highest BCUT2D eigenvalue weighted by molar-refractivity contribution is 7.89. The molecule has 0 radical (unpaired) electrons. The van der Waals surface area contributed by atoms with Crippen molar-refractivity contribution in [1.29, 1.82) is 0 Å². The minimum absolute atomic E-state index is 0.110. The Morgan fingerprint density at radius 1 is 1.04 bits per heavy atom. The van der Waals surface area contributed by atoms with Crippen LogP contribution in [0.3, 0.4) is 0 Å². The molecule has 0 saturated heterocycles. The first-order chi connectivity index (χ1) is 11.1. The SMILES string of the molecule is O=C(CN1C=Nc2ccccc2S1(=O)=O)NCc1ccccc1. The number of benzene rings is 2. The fourth-order valence-electron chi connectivity index (χ4n) is 2.22. The van der Waals surface area contributed by atoms with E-state index in [0.717, 1.165) is 9.87 Å². The van der Waals surface area contributed by atoms with Crippen LogP contribution < -0.4 is 5.32 Å². The average molecular weight is 329 g/mol. The molecule has 0 aromatic heterocycles. The topological polar surface area (TPSA) is 78.8 Å². The molecule has 7 heteroatoms. The second-order valence-electron chi connectivity index (χ2n) is 5.02. The number of carbonyl (C=O) groups is 1. The van der Waals surface area contributed by atoms with Gasteiger partial charge in [-0.15, -0.1) is 0 Å². The molecule has 0 atom stereocenters. The summed E-state index contributed by atoms with van der Waals surface area (Å²) >= 11 is 0. The Labute approximate surface area is 134 Å². The molecule has 1 aliphatic rings. The van der Waals surface area contributed by atoms with Crippen molar-refractivity contribution >= 4 is 28.0 Å². The fourth-order valence-corrected chi connectivity index (χ4v) is 3.56. The number of hydrogen-bond donors (Lipinski definition) is 1. The van der Waals surface area contributed by atoms with Crippen LogP contribution >= 0.6 is 0 Å². The maximum atomic E-state index is 12.5. The van der Waals surface area contributed by atoms with Crippen LogP contribution in [-0.4, -0.2) is 31.5 Å². The highest BCUT2D eigenvalue weighted by Crippen LogP contribution is 2.29. The molecule has 1 heterocycles. The van der Waals surface area contributed by atoms with E-state index in [2.05, 4.69) is 10.3 Å². The van der Waals surface area contributed by atoms with E-state index in [4.69, 9.17) is 0 Å². The molecule has 0 unspecified atom stereocenters. The van der Waals surface area contributed by atoms with Crippen molar-refractivity contribution in [3.05, 3.63) is 60.2 Å². The lowest BCUT2D eigenvalue weighted by Gasteiger charge is -2.23. The minimum Gasteiger partial charge on any atom is -0.350 e. The largest absolute Gasteiger partial charge is 0.350 e. The molecule has 1 aliphatic heterocycles. The van der Waals surface area contributed by atoms with Gasteiger partial charge in [0.05, 0.1) is 5.69 Å². The van der Waals surface area contributed by atoms with Crippen LogP contribution in [0.25, 0.3) is 0 Å². The van der Waals surface area contributed by atoms with Gasteiger partial charge in [0.2, 0.25) is 5.91 Å². The summed E-state index contributed by atoms with van der Waals surface area (Å²) in [6.45, 7) is 0.0499. The Morgan fingerprint density at radius 3 is 2.52 bits per heavy atom. The Morgan fingerprint density at radius 2 is 1.74 bits per heavy atom. The molecule has 3 rings (SSSR count). The third-order valence-electron chi connectivity index (χ3n) is 3.41. The second kappa shape index (κ2) is 6.21. The summed E-state index contributed by atoms with van der Waals surface area (Å²) in [5, 5.41) is 2.70. The van der Waals surface area contributed by atoms with Crippen LogP contribution in [0, 0.1) is 0 Å². The third-order valence-corrected chi connectivity index (χ3v) is 5.15. The smallest absolute Gasteiger partial charge is 0.267 e. The summed E-state index contributed by atoms with van der Waals surface area (Å²) in [7, 11) is -3.74. The van der Waals surface area contributed by atoms with Gasteiger partial charge in [-0.25, -0.2) is 17.7 Å². The van der Waals surface area contributed by atoms with Crippen LogP contribution in [-0.2, 0) is 21.4 Å². The van der Waals surface area contributed by atoms with Crippen LogP contribution in [0.2, 0.25) is 0 Å². The maximum absolute atomic E-state index is 12.5. The van der Waals surface area contributed by atoms with Gasteiger partial charge in [0, 0.05) is 6.54 Å². The van der Waals surface area contributed by atoms with E-state index >= 15 is 0 Å². The molecule has 23 heavy (non-hydrogen) atoms. The number of nitrogens with zero attached hydrogens (tertiary/aromatic N) is 2. The quantitative estimate of drug-likeness (QED) is 0.926. The number of nitrogens with one attached hydrogen (secondary N) is 1. The molecule has 0 bridgehead atoms. The molecule has 2 aromatic carbocycles. The minimum atomic E-state index is -3.74. The van der Waals surface area contributed by atoms with Gasteiger partial charge in [-0.3, -0.25) is 4.79 Å². The summed E-state index contributed by atoms with van der Waals surface area (Å²) < 4.78 is 25.9. The predicted octanol–water partition coefficient (Wildman–Crippen LogP) is 1.67. The van der Waals surface area contributed by atoms with Gasteiger partial charge >= 0.3 is 0 Å². The molecular weight excluding hydrogens is 314 g/mol. The van der Waals surface area contributed by atoms with Gasteiger partial charge in [0.25, 0.3) is 10.0 Å². The zero-order chi connectivity index (χ0) is 16.3. The van der Waals surface area contributed by atoms with Gasteiger partial charge in [0.15, 0.2) is 0 Å². The number of carbonyl (C=O) groups excluding carboxylic acids is 1. The molecule has 1 N–H and O–H groups in total. The monoisotopic (exact) mass is 329 g/mol. The van der Waals surface area contributed by atoms with Crippen molar-refractivity contribution in [1.82, 2.24) is 9.62 Å². The molecule has 2 aromatic rings. The first-order valence-corrected chi connectivity index (χ1v) is 8.47. The second-order valence-corrected chi connectivity index (χ2v) is 6.88. The van der Waals surface area contributed by atoms with E-state index in [1.54, 1.807) is 18.2 Å². The lowest BCUT2D eigenvalue weighted by atomic mass is 10.2. The first-order valence-electron chi connectivity index (χ1n) is 7.03. The van der Waals surface area contributed by atoms with Gasteiger partial charge in [-0.1, -0.05) is 42.5 Å². The van der Waals surface area contributed by atoms with Crippen molar-refractivity contribution in [2.45, 2.75) is 11.4 Å². The lowest BCUT2D eigenvalue weighted by molar-refractivity contribution is -0.120. The van der Waals surface area contributed by atoms with Crippen molar-refractivity contribution in [3.8, 4) is 0 Å². The van der Waals surface area contributed by atoms with E-state index < -0.39 is 10.0 Å². The summed E-state index contributed by atoms with van der Waals surface area (Å²) in [5.74, 6) is -0.386. The van der Waals surface area contributed by atoms with E-state index in [9.17, 15) is 13.2 Å². The number of hydrogen-bond acceptors (Lipinski definition) is 4. The third kappa shape index (κ3) is 3.24. The molecule has 6 nitrogen and oxygen atoms in total. The van der Waals surface area contributed by atoms with Crippen molar-refractivity contribution in [2.24, 2.45) is 4.99 Å². The summed E-state index contributed by atoms with van der Waals surface area (Å²) in [6.07, 6.45) is 1.18. The van der Waals surface area contributed by atoms with Crippen LogP contribution in [0.5, 0.6) is 0 Å². The summed E-state index contributed by atoms with van der Waals surface area (Å²) in [5.41, 5.74) is 1.33. The molecule has 1 amide bonds. The first kappa shape index (κ1) is 15.2. The number of sulfonamides is 1. The molecule has 0 fully saturated rings. The van der Waals surface area contributed by atoms with Crippen molar-refractivity contribution in [2.75, 3.05) is 6.54 Å². The number of amides is 1. The highest BCUT2D eigenvalue weighted by atomic mass is 32.2. The van der Waals surface area contributed by atoms with Crippen LogP contribution in [0.4, 0.5) is 5.69 Å². The Balaban J connectivity index is 1.68. The standard InChI is InChI=1S/C16H15N3O3S/c20-16(17-10-13-6-2-1-3-7-13)11-19-12-18-14-8-4-5-9-15(14)23(19,21)22/h1-9,12H,10-11H2,(H,17,20). The highest BCUT2D eigenvalue weighted by Gasteiger charge is 2.29. The lowest BCUT2D eigenvalue weighted by Crippen LogP contribution is -2.40. The molecule has 0 saturated carbocycles. The maximum Gasteiger partial charge on any atom is 0.267 e. The average Bonchev–Trinajstić information content (AvgIpc) is 2.57. The van der Waals surface area contributed by atoms with Crippen molar-refractivity contribution in [3.63, 3.8) is 0 Å². The van der Waals surface area contributed by atoms with E-state index in [1.165, 1.54) is 12.4 Å². The summed E-state index contributed by atoms with van der Waals surface area (Å²) in [6, 6.07) is 15.9. The van der Waals surface area contributed by atoms with Crippen LogP contribution in [0.15, 0.2) is 64.5 Å².